The average molecular weight is 1010 g/mol. The van der Waals surface area contributed by atoms with E-state index < -0.39 is 17.4 Å². The zero-order valence-corrected chi connectivity index (χ0v) is 44.3. The van der Waals surface area contributed by atoms with E-state index in [0.29, 0.717) is 19.6 Å². The zero-order valence-electron chi connectivity index (χ0n) is 42.7. The van der Waals surface area contributed by atoms with Crippen LogP contribution in [0.25, 0.3) is 20.9 Å². The number of nitrogens with zero attached hydrogens (tertiary/aromatic N) is 2. The van der Waals surface area contributed by atoms with Gasteiger partial charge in [-0.1, -0.05) is 71.0 Å². The third-order valence-electron chi connectivity index (χ3n) is 16.8. The number of ether oxygens (including phenoxy) is 4. The van der Waals surface area contributed by atoms with Gasteiger partial charge in [-0.15, -0.1) is 22.7 Å². The number of carbonyl (C=O) groups is 2. The van der Waals surface area contributed by atoms with Crippen LogP contribution in [-0.2, 0) is 62.4 Å². The summed E-state index contributed by atoms with van der Waals surface area (Å²) >= 11 is 3.24. The number of aliphatic carboxylic acids is 2. The monoisotopic (exact) mass is 1010 g/mol. The highest BCUT2D eigenvalue weighted by Gasteiger charge is 2.54. The Kier molecular flexibility index (Phi) is 13.8. The van der Waals surface area contributed by atoms with Gasteiger partial charge in [-0.2, -0.15) is 0 Å². The first-order valence-corrected chi connectivity index (χ1v) is 27.4. The minimum atomic E-state index is -0.693. The van der Waals surface area contributed by atoms with Gasteiger partial charge in [0, 0.05) is 36.7 Å². The molecule has 0 saturated heterocycles. The first-order chi connectivity index (χ1) is 34.5. The topological polar surface area (TPSA) is 137 Å². The molecule has 4 aromatic carbocycles. The van der Waals surface area contributed by atoms with Gasteiger partial charge < -0.3 is 29.2 Å². The summed E-state index contributed by atoms with van der Waals surface area (Å²) in [7, 11) is 3.57. The quantitative estimate of drug-likeness (QED) is 0.0908. The first kappa shape index (κ1) is 50.1. The van der Waals surface area contributed by atoms with Gasteiger partial charge in [-0.05, 0) is 168 Å². The van der Waals surface area contributed by atoms with Crippen molar-refractivity contribution in [2.75, 3.05) is 14.2 Å². The lowest BCUT2D eigenvalue weighted by molar-refractivity contribution is -0.151. The highest BCUT2D eigenvalue weighted by Crippen LogP contribution is 2.57. The number of hydrogen-bond donors (Lipinski definition) is 2. The molecule has 6 unspecified atom stereocenters. The van der Waals surface area contributed by atoms with Crippen molar-refractivity contribution in [3.63, 3.8) is 0 Å². The standard InChI is InChI=1S/C60H68N2O8S2/c1-57(2,3)53(67-6)45-27-37(33-70-41-17-15-39-11-9-23-60(49(39)29-41)25-21-47(60)56(65)66)13-19-43(45)52-50(62-35-72-52)30-58(4,5)54(68-7)44-26-36(12-18-42(44)51-31-61-34-71-51)32-69-40-16-14-38-10-8-22-59(48(38)28-40)24-20-46(59)55(63)64/h12-19,26-29,31,34-35,46-47,53-54H,8-11,20-25,30,32-33H2,1-7H3,(H,63,64)(H,65,66). The Bertz CT molecular complexity index is 2970. The van der Waals surface area contributed by atoms with Gasteiger partial charge in [0.2, 0.25) is 0 Å². The van der Waals surface area contributed by atoms with Crippen molar-refractivity contribution in [1.82, 2.24) is 9.97 Å². The van der Waals surface area contributed by atoms with Crippen molar-refractivity contribution < 1.29 is 38.7 Å². The van der Waals surface area contributed by atoms with Gasteiger partial charge in [0.05, 0.1) is 50.5 Å². The lowest BCUT2D eigenvalue weighted by Crippen LogP contribution is -2.50. The Balaban J connectivity index is 0.917. The van der Waals surface area contributed by atoms with Crippen LogP contribution in [0.15, 0.2) is 90.0 Å². The van der Waals surface area contributed by atoms with E-state index in [1.165, 1.54) is 11.1 Å². The number of rotatable bonds is 17. The maximum Gasteiger partial charge on any atom is 0.307 e. The molecule has 10 nitrogen and oxygen atoms in total. The Morgan fingerprint density at radius 2 is 1.22 bits per heavy atom. The molecule has 6 aromatic rings. The summed E-state index contributed by atoms with van der Waals surface area (Å²) < 4.78 is 26.0. The molecule has 2 N–H and O–H groups in total. The van der Waals surface area contributed by atoms with Crippen LogP contribution in [-0.4, -0.2) is 46.3 Å². The van der Waals surface area contributed by atoms with E-state index in [2.05, 4.69) is 100 Å². The van der Waals surface area contributed by atoms with Crippen molar-refractivity contribution in [3.05, 3.63) is 140 Å². The normalized spacial score (nSPS) is 22.3. The molecule has 12 heteroatoms. The van der Waals surface area contributed by atoms with Crippen LogP contribution in [0.5, 0.6) is 11.5 Å². The van der Waals surface area contributed by atoms with Crippen molar-refractivity contribution in [2.45, 2.75) is 141 Å². The molecular weight excluding hydrogens is 941 g/mol. The van der Waals surface area contributed by atoms with Gasteiger partial charge in [0.25, 0.3) is 0 Å². The van der Waals surface area contributed by atoms with Crippen molar-refractivity contribution in [3.8, 4) is 32.4 Å². The lowest BCUT2D eigenvalue weighted by atomic mass is 9.52. The van der Waals surface area contributed by atoms with E-state index in [4.69, 9.17) is 23.9 Å². The molecule has 2 fully saturated rings. The third-order valence-corrected chi connectivity index (χ3v) is 18.6. The van der Waals surface area contributed by atoms with Crippen LogP contribution in [0.1, 0.15) is 148 Å². The maximum atomic E-state index is 12.3. The number of carboxylic acids is 2. The van der Waals surface area contributed by atoms with E-state index in [1.807, 2.05) is 29.4 Å². The fourth-order valence-electron chi connectivity index (χ4n) is 13.3. The summed E-state index contributed by atoms with van der Waals surface area (Å²) in [6, 6.07) is 25.7. The fraction of sp³-hybridized carbons (Fsp3) is 0.467. The molecule has 4 aliphatic rings. The second-order valence-electron chi connectivity index (χ2n) is 22.7. The molecule has 0 aliphatic heterocycles. The van der Waals surface area contributed by atoms with Crippen LogP contribution < -0.4 is 9.47 Å². The Morgan fingerprint density at radius 3 is 1.69 bits per heavy atom. The highest BCUT2D eigenvalue weighted by atomic mass is 32.1. The summed E-state index contributed by atoms with van der Waals surface area (Å²) in [4.78, 5) is 36.2. The summed E-state index contributed by atoms with van der Waals surface area (Å²) in [5, 5.41) is 20.2. The fourth-order valence-corrected chi connectivity index (χ4v) is 14.8. The van der Waals surface area contributed by atoms with Crippen LogP contribution in [0.3, 0.4) is 0 Å². The summed E-state index contributed by atoms with van der Waals surface area (Å²) in [5.41, 5.74) is 14.6. The number of benzene rings is 4. The largest absolute Gasteiger partial charge is 0.489 e. The number of methoxy groups -OCH3 is 2. The Hall–Kier alpha value is -5.40. The molecule has 0 radical (unpaired) electrons. The summed E-state index contributed by atoms with van der Waals surface area (Å²) in [6.45, 7) is 11.8. The minimum Gasteiger partial charge on any atom is -0.489 e. The second kappa shape index (κ2) is 19.8. The predicted octanol–water partition coefficient (Wildman–Crippen LogP) is 13.9. The highest BCUT2D eigenvalue weighted by molar-refractivity contribution is 7.13. The molecule has 2 spiro atoms. The van der Waals surface area contributed by atoms with Gasteiger partial charge in [-0.3, -0.25) is 14.6 Å². The molecule has 2 heterocycles. The van der Waals surface area contributed by atoms with Crippen molar-refractivity contribution in [1.29, 1.82) is 0 Å². The molecule has 6 atom stereocenters. The molecule has 0 amide bonds. The Morgan fingerprint density at radius 1 is 0.681 bits per heavy atom. The number of thiazole rings is 2. The van der Waals surface area contributed by atoms with E-state index in [0.717, 1.165) is 136 Å². The molecule has 0 bridgehead atoms. The van der Waals surface area contributed by atoms with E-state index >= 15 is 0 Å². The third kappa shape index (κ3) is 9.19. The van der Waals surface area contributed by atoms with Crippen LogP contribution in [0.2, 0.25) is 0 Å². The van der Waals surface area contributed by atoms with Gasteiger partial charge in [0.15, 0.2) is 0 Å². The second-order valence-corrected chi connectivity index (χ2v) is 24.4. The smallest absolute Gasteiger partial charge is 0.307 e. The average Bonchev–Trinajstić information content (AvgIpc) is 4.04. The number of fused-ring (bicyclic) bond motifs is 4. The van der Waals surface area contributed by atoms with E-state index in [1.54, 1.807) is 36.9 Å². The number of carboxylic acid groups (broad SMARTS) is 2. The van der Waals surface area contributed by atoms with Gasteiger partial charge in [-0.25, -0.2) is 4.98 Å². The maximum absolute atomic E-state index is 12.3. The first-order valence-electron chi connectivity index (χ1n) is 25.7. The summed E-state index contributed by atoms with van der Waals surface area (Å²) in [6.07, 6.45) is 11.0. The lowest BCUT2D eigenvalue weighted by Gasteiger charge is -2.51. The zero-order chi connectivity index (χ0) is 50.6. The van der Waals surface area contributed by atoms with Crippen LogP contribution in [0.4, 0.5) is 0 Å². The van der Waals surface area contributed by atoms with E-state index in [-0.39, 0.29) is 40.3 Å². The van der Waals surface area contributed by atoms with Crippen LogP contribution in [0, 0.1) is 22.7 Å². The molecule has 4 aliphatic carbocycles. The van der Waals surface area contributed by atoms with Crippen molar-refractivity contribution >= 4 is 34.6 Å². The van der Waals surface area contributed by atoms with E-state index in [9.17, 15) is 19.8 Å². The minimum absolute atomic E-state index is 0.228. The number of hydrogen-bond acceptors (Lipinski definition) is 10. The number of aryl methyl sites for hydroxylation is 2. The van der Waals surface area contributed by atoms with Gasteiger partial charge >= 0.3 is 11.9 Å². The molecule has 72 heavy (non-hydrogen) atoms. The predicted molar refractivity (Wildman–Crippen MR) is 283 cm³/mol. The SMILES string of the molecule is COC(c1cc(COc2ccc3c(c2)C2(CCC3)CCC2C(=O)O)ccc1-c1scnc1CC(C)(C)C(OC)c1cc(COc2ccc3c(c2)C2(CCC3)CCC2C(=O)O)ccc1-c1cncs1)C(C)(C)C. The molecule has 378 valence electrons. The number of aromatic nitrogens is 2. The van der Waals surface area contributed by atoms with Crippen molar-refractivity contribution in [2.24, 2.45) is 22.7 Å². The molecule has 2 aromatic heterocycles. The van der Waals surface area contributed by atoms with Crippen LogP contribution >= 0.6 is 22.7 Å². The molecule has 10 rings (SSSR count). The molecular formula is C60H68N2O8S2. The van der Waals surface area contributed by atoms with Gasteiger partial charge in [0.1, 0.15) is 24.7 Å². The Labute approximate surface area is 432 Å². The summed E-state index contributed by atoms with van der Waals surface area (Å²) in [5.74, 6) is -0.540. The molecule has 2 saturated carbocycles.